The molecule has 0 spiro atoms. The molecule has 0 radical (unpaired) electrons. The average Bonchev–Trinajstić information content (AvgIpc) is 2.47. The van der Waals surface area contributed by atoms with Gasteiger partial charge in [-0.2, -0.15) is 0 Å². The van der Waals surface area contributed by atoms with E-state index in [1.807, 2.05) is 0 Å². The second kappa shape index (κ2) is 6.11. The summed E-state index contributed by atoms with van der Waals surface area (Å²) in [5.74, 6) is -0.555. The molecule has 0 amide bonds. The highest BCUT2D eigenvalue weighted by Crippen LogP contribution is 2.34. The minimum atomic E-state index is -0.555. The molecule has 0 atom stereocenters. The number of nitro benzene ring substituents is 1. The number of ether oxygens (including phenoxy) is 1. The van der Waals surface area contributed by atoms with Crippen LogP contribution in [-0.2, 0) is 4.74 Å². The lowest BCUT2D eigenvalue weighted by Crippen LogP contribution is -2.02. The molecule has 0 aliphatic carbocycles. The topological polar surface area (TPSA) is 95.2 Å². The third-order valence-electron chi connectivity index (χ3n) is 2.33. The van der Waals surface area contributed by atoms with Crippen molar-refractivity contribution in [3.05, 3.63) is 52.5 Å². The van der Waals surface area contributed by atoms with Crippen LogP contribution < -0.4 is 0 Å². The molecule has 2 aromatic rings. The van der Waals surface area contributed by atoms with Gasteiger partial charge in [0.1, 0.15) is 5.03 Å². The molecule has 0 fully saturated rings. The van der Waals surface area contributed by atoms with Crippen LogP contribution in [0.4, 0.5) is 5.69 Å². The van der Waals surface area contributed by atoms with Crippen LogP contribution >= 0.6 is 11.8 Å². The van der Waals surface area contributed by atoms with E-state index < -0.39 is 10.9 Å². The van der Waals surface area contributed by atoms with Gasteiger partial charge >= 0.3 is 5.97 Å². The number of nitrogens with zero attached hydrogens (tertiary/aromatic N) is 3. The molecule has 20 heavy (non-hydrogen) atoms. The van der Waals surface area contributed by atoms with Gasteiger partial charge < -0.3 is 4.74 Å². The fourth-order valence-corrected chi connectivity index (χ4v) is 2.33. The van der Waals surface area contributed by atoms with Crippen LogP contribution in [0.1, 0.15) is 10.4 Å². The third-order valence-corrected chi connectivity index (χ3v) is 3.30. The van der Waals surface area contributed by atoms with Crippen molar-refractivity contribution in [3.63, 3.8) is 0 Å². The highest BCUT2D eigenvalue weighted by molar-refractivity contribution is 7.99. The monoisotopic (exact) mass is 291 g/mol. The Labute approximate surface area is 118 Å². The molecule has 0 bridgehead atoms. The molecule has 2 rings (SSSR count). The van der Waals surface area contributed by atoms with E-state index >= 15 is 0 Å². The molecular formula is C12H9N3O4S. The number of esters is 1. The molecule has 1 aromatic carbocycles. The molecule has 0 saturated heterocycles. The fourth-order valence-electron chi connectivity index (χ4n) is 1.44. The second-order valence-corrected chi connectivity index (χ2v) is 4.64. The molecule has 1 aromatic heterocycles. The SMILES string of the molecule is COC(=O)c1ccc([N+](=O)[O-])c(Sc2cnccn2)c1. The highest BCUT2D eigenvalue weighted by Gasteiger charge is 2.18. The molecule has 7 nitrogen and oxygen atoms in total. The lowest BCUT2D eigenvalue weighted by atomic mass is 10.2. The Morgan fingerprint density at radius 3 is 2.80 bits per heavy atom. The number of aromatic nitrogens is 2. The van der Waals surface area contributed by atoms with E-state index in [9.17, 15) is 14.9 Å². The van der Waals surface area contributed by atoms with Crippen LogP contribution in [0.25, 0.3) is 0 Å². The number of carbonyl (C=O) groups excluding carboxylic acids is 1. The van der Waals surface area contributed by atoms with Gasteiger partial charge in [-0.3, -0.25) is 15.1 Å². The summed E-state index contributed by atoms with van der Waals surface area (Å²) < 4.78 is 4.60. The number of methoxy groups -OCH3 is 1. The first-order valence-corrected chi connectivity index (χ1v) is 6.24. The number of carbonyl (C=O) groups is 1. The summed E-state index contributed by atoms with van der Waals surface area (Å²) in [6, 6.07) is 4.03. The zero-order chi connectivity index (χ0) is 14.5. The van der Waals surface area contributed by atoms with Gasteiger partial charge in [0.25, 0.3) is 5.69 Å². The minimum Gasteiger partial charge on any atom is -0.465 e. The number of rotatable bonds is 4. The van der Waals surface area contributed by atoms with Crippen LogP contribution in [0, 0.1) is 10.1 Å². The minimum absolute atomic E-state index is 0.103. The predicted molar refractivity (Wildman–Crippen MR) is 70.6 cm³/mol. The number of benzene rings is 1. The van der Waals surface area contributed by atoms with Gasteiger partial charge in [0.2, 0.25) is 0 Å². The van der Waals surface area contributed by atoms with Crippen molar-refractivity contribution in [2.75, 3.05) is 7.11 Å². The lowest BCUT2D eigenvalue weighted by molar-refractivity contribution is -0.387. The van der Waals surface area contributed by atoms with E-state index in [0.717, 1.165) is 11.8 Å². The van der Waals surface area contributed by atoms with Gasteiger partial charge in [0.05, 0.1) is 28.7 Å². The van der Waals surface area contributed by atoms with Gasteiger partial charge in [0.15, 0.2) is 0 Å². The van der Waals surface area contributed by atoms with Gasteiger partial charge in [0, 0.05) is 18.5 Å². The number of hydrogen-bond acceptors (Lipinski definition) is 7. The van der Waals surface area contributed by atoms with Crippen molar-refractivity contribution < 1.29 is 14.5 Å². The van der Waals surface area contributed by atoms with Gasteiger partial charge in [-0.05, 0) is 12.1 Å². The van der Waals surface area contributed by atoms with Crippen molar-refractivity contribution in [2.45, 2.75) is 9.92 Å². The summed E-state index contributed by atoms with van der Waals surface area (Å²) in [7, 11) is 1.25. The van der Waals surface area contributed by atoms with Crippen LogP contribution in [-0.4, -0.2) is 28.0 Å². The summed E-state index contributed by atoms with van der Waals surface area (Å²) in [6.45, 7) is 0. The van der Waals surface area contributed by atoms with Crippen molar-refractivity contribution in [3.8, 4) is 0 Å². The first-order valence-electron chi connectivity index (χ1n) is 5.42. The van der Waals surface area contributed by atoms with Crippen molar-refractivity contribution >= 4 is 23.4 Å². The molecule has 8 heteroatoms. The van der Waals surface area contributed by atoms with Crippen LogP contribution in [0.15, 0.2) is 46.7 Å². The smallest absolute Gasteiger partial charge is 0.337 e. The van der Waals surface area contributed by atoms with Crippen LogP contribution in [0.3, 0.4) is 0 Å². The molecule has 102 valence electrons. The zero-order valence-corrected chi connectivity index (χ0v) is 11.2. The highest BCUT2D eigenvalue weighted by atomic mass is 32.2. The fraction of sp³-hybridized carbons (Fsp3) is 0.0833. The lowest BCUT2D eigenvalue weighted by Gasteiger charge is -2.04. The number of hydrogen-bond donors (Lipinski definition) is 0. The normalized spacial score (nSPS) is 10.1. The molecule has 0 unspecified atom stereocenters. The Morgan fingerprint density at radius 1 is 1.40 bits per heavy atom. The summed E-state index contributed by atoms with van der Waals surface area (Å²) >= 11 is 1.06. The first-order chi connectivity index (χ1) is 9.61. The van der Waals surface area contributed by atoms with Crippen molar-refractivity contribution in [1.29, 1.82) is 0 Å². The standard InChI is InChI=1S/C12H9N3O4S/c1-19-12(16)8-2-3-9(15(17)18)10(6-8)20-11-7-13-4-5-14-11/h2-7H,1H3. The largest absolute Gasteiger partial charge is 0.465 e. The van der Waals surface area contributed by atoms with E-state index in [4.69, 9.17) is 0 Å². The van der Waals surface area contributed by atoms with E-state index in [1.54, 1.807) is 0 Å². The Morgan fingerprint density at radius 2 is 2.20 bits per heavy atom. The summed E-state index contributed by atoms with van der Waals surface area (Å²) in [6.07, 6.45) is 4.47. The quantitative estimate of drug-likeness (QED) is 0.484. The van der Waals surface area contributed by atoms with Crippen LogP contribution in [0.2, 0.25) is 0 Å². The summed E-state index contributed by atoms with van der Waals surface area (Å²) in [5.41, 5.74) is 0.137. The Kier molecular flexibility index (Phi) is 4.26. The Hall–Kier alpha value is -2.48. The Bertz CT molecular complexity index is 648. The van der Waals surface area contributed by atoms with E-state index in [1.165, 1.54) is 43.9 Å². The molecule has 0 saturated carbocycles. The maximum absolute atomic E-state index is 11.5. The summed E-state index contributed by atoms with van der Waals surface area (Å²) in [4.78, 5) is 30.2. The summed E-state index contributed by atoms with van der Waals surface area (Å²) in [5, 5.41) is 11.5. The third kappa shape index (κ3) is 3.09. The van der Waals surface area contributed by atoms with Crippen molar-refractivity contribution in [1.82, 2.24) is 9.97 Å². The molecular weight excluding hydrogens is 282 g/mol. The zero-order valence-electron chi connectivity index (χ0n) is 10.3. The first kappa shape index (κ1) is 13.9. The van der Waals surface area contributed by atoms with E-state index in [-0.39, 0.29) is 11.3 Å². The molecule has 0 aliphatic rings. The number of nitro groups is 1. The van der Waals surface area contributed by atoms with Gasteiger partial charge in [-0.25, -0.2) is 9.78 Å². The van der Waals surface area contributed by atoms with Gasteiger partial charge in [-0.1, -0.05) is 11.8 Å². The second-order valence-electron chi connectivity index (χ2n) is 3.58. The molecule has 1 heterocycles. The Balaban J connectivity index is 2.42. The van der Waals surface area contributed by atoms with E-state index in [2.05, 4.69) is 14.7 Å². The maximum atomic E-state index is 11.5. The van der Waals surface area contributed by atoms with Crippen LogP contribution in [0.5, 0.6) is 0 Å². The van der Waals surface area contributed by atoms with Crippen molar-refractivity contribution in [2.24, 2.45) is 0 Å². The predicted octanol–water partition coefficient (Wildman–Crippen LogP) is 2.32. The molecule has 0 N–H and O–H groups in total. The average molecular weight is 291 g/mol. The maximum Gasteiger partial charge on any atom is 0.337 e. The van der Waals surface area contributed by atoms with E-state index in [0.29, 0.717) is 9.92 Å². The van der Waals surface area contributed by atoms with Gasteiger partial charge in [-0.15, -0.1) is 0 Å². The molecule has 0 aliphatic heterocycles.